The number of rotatable bonds is 5. The van der Waals surface area contributed by atoms with Gasteiger partial charge >= 0.3 is 0 Å². The van der Waals surface area contributed by atoms with Crippen molar-refractivity contribution >= 4 is 0 Å². The molecule has 1 atom stereocenters. The van der Waals surface area contributed by atoms with Gasteiger partial charge in [-0.1, -0.05) is 0 Å². The van der Waals surface area contributed by atoms with E-state index < -0.39 is 0 Å². The highest BCUT2D eigenvalue weighted by Gasteiger charge is 2.12. The number of hydrogen-bond acceptors (Lipinski definition) is 4. The highest BCUT2D eigenvalue weighted by Crippen LogP contribution is 2.28. The van der Waals surface area contributed by atoms with Gasteiger partial charge in [-0.3, -0.25) is 0 Å². The van der Waals surface area contributed by atoms with Crippen LogP contribution < -0.4 is 10.1 Å². The van der Waals surface area contributed by atoms with E-state index in [-0.39, 0.29) is 11.8 Å². The van der Waals surface area contributed by atoms with Crippen molar-refractivity contribution in [2.45, 2.75) is 26.4 Å². The predicted molar refractivity (Wildman–Crippen MR) is 73.4 cm³/mol. The Balaban J connectivity index is 2.04. The molecule has 0 aliphatic carbocycles. The molecule has 2 aromatic rings. The van der Waals surface area contributed by atoms with Crippen LogP contribution in [-0.2, 0) is 6.54 Å². The van der Waals surface area contributed by atoms with E-state index in [0.29, 0.717) is 6.54 Å². The first-order valence-electron chi connectivity index (χ1n) is 6.25. The minimum Gasteiger partial charge on any atom is -0.508 e. The van der Waals surface area contributed by atoms with E-state index in [2.05, 4.69) is 5.32 Å². The number of aryl methyl sites for hydroxylation is 1. The summed E-state index contributed by atoms with van der Waals surface area (Å²) < 4.78 is 10.7. The van der Waals surface area contributed by atoms with Crippen LogP contribution in [-0.4, -0.2) is 12.2 Å². The van der Waals surface area contributed by atoms with E-state index in [1.54, 1.807) is 19.2 Å². The number of nitrogens with one attached hydrogen (secondary N) is 1. The molecule has 1 heterocycles. The molecule has 0 amide bonds. The molecule has 19 heavy (non-hydrogen) atoms. The Kier molecular flexibility index (Phi) is 4.12. The van der Waals surface area contributed by atoms with E-state index in [1.165, 1.54) is 0 Å². The lowest BCUT2D eigenvalue weighted by atomic mass is 10.1. The molecule has 1 aromatic heterocycles. The van der Waals surface area contributed by atoms with Gasteiger partial charge < -0.3 is 19.6 Å². The number of ether oxygens (including phenoxy) is 1. The third-order valence-corrected chi connectivity index (χ3v) is 3.08. The molecule has 0 spiro atoms. The summed E-state index contributed by atoms with van der Waals surface area (Å²) >= 11 is 0. The van der Waals surface area contributed by atoms with Gasteiger partial charge in [0.05, 0.1) is 13.7 Å². The Morgan fingerprint density at radius 1 is 1.32 bits per heavy atom. The highest BCUT2D eigenvalue weighted by atomic mass is 16.5. The van der Waals surface area contributed by atoms with E-state index in [0.717, 1.165) is 22.8 Å². The quantitative estimate of drug-likeness (QED) is 0.868. The zero-order valence-corrected chi connectivity index (χ0v) is 11.4. The molecular weight excluding hydrogens is 242 g/mol. The highest BCUT2D eigenvalue weighted by molar-refractivity contribution is 5.41. The summed E-state index contributed by atoms with van der Waals surface area (Å²) in [5.74, 6) is 2.77. The summed E-state index contributed by atoms with van der Waals surface area (Å²) in [5.41, 5.74) is 0.808. The van der Waals surface area contributed by atoms with Crippen molar-refractivity contribution < 1.29 is 14.3 Å². The van der Waals surface area contributed by atoms with Gasteiger partial charge in [0.25, 0.3) is 0 Å². The first-order valence-corrected chi connectivity index (χ1v) is 6.25. The van der Waals surface area contributed by atoms with Gasteiger partial charge in [-0.05, 0) is 44.2 Å². The normalized spacial score (nSPS) is 12.4. The Bertz CT molecular complexity index is 548. The van der Waals surface area contributed by atoms with Crippen LogP contribution in [0.2, 0.25) is 0 Å². The number of hydrogen-bond donors (Lipinski definition) is 2. The fraction of sp³-hybridized carbons (Fsp3) is 0.333. The summed E-state index contributed by atoms with van der Waals surface area (Å²) in [4.78, 5) is 0. The van der Waals surface area contributed by atoms with E-state index in [9.17, 15) is 5.11 Å². The van der Waals surface area contributed by atoms with Crippen LogP contribution in [0.5, 0.6) is 11.5 Å². The fourth-order valence-electron chi connectivity index (χ4n) is 1.95. The SMILES string of the molecule is COc1ccc(O)c(C(C)NCc2ccc(C)o2)c1. The van der Waals surface area contributed by atoms with Gasteiger partial charge in [-0.2, -0.15) is 0 Å². The number of methoxy groups -OCH3 is 1. The molecule has 1 unspecified atom stereocenters. The van der Waals surface area contributed by atoms with Gasteiger partial charge in [0, 0.05) is 11.6 Å². The topological polar surface area (TPSA) is 54.6 Å². The zero-order chi connectivity index (χ0) is 13.8. The largest absolute Gasteiger partial charge is 0.508 e. The summed E-state index contributed by atoms with van der Waals surface area (Å²) in [5, 5.41) is 13.2. The second kappa shape index (κ2) is 5.80. The first-order chi connectivity index (χ1) is 9.10. The first kappa shape index (κ1) is 13.5. The number of aromatic hydroxyl groups is 1. The Morgan fingerprint density at radius 2 is 2.11 bits per heavy atom. The number of furan rings is 1. The van der Waals surface area contributed by atoms with Crippen molar-refractivity contribution in [2.75, 3.05) is 7.11 Å². The van der Waals surface area contributed by atoms with E-state index in [4.69, 9.17) is 9.15 Å². The third-order valence-electron chi connectivity index (χ3n) is 3.08. The van der Waals surface area contributed by atoms with Crippen molar-refractivity contribution in [1.29, 1.82) is 0 Å². The molecular formula is C15H19NO3. The van der Waals surface area contributed by atoms with Gasteiger partial charge in [0.15, 0.2) is 0 Å². The molecule has 2 rings (SSSR count). The van der Waals surface area contributed by atoms with E-state index in [1.807, 2.05) is 32.0 Å². The maximum absolute atomic E-state index is 9.88. The smallest absolute Gasteiger partial charge is 0.120 e. The number of phenolic OH excluding ortho intramolecular Hbond substituents is 1. The standard InChI is InChI=1S/C15H19NO3/c1-10-4-5-13(19-10)9-16-11(2)14-8-12(18-3)6-7-15(14)17/h4-8,11,16-17H,9H2,1-3H3. The predicted octanol–water partition coefficient (Wildman–Crippen LogP) is 3.15. The molecule has 2 N–H and O–H groups in total. The molecule has 0 radical (unpaired) electrons. The van der Waals surface area contributed by atoms with Crippen molar-refractivity contribution in [3.05, 3.63) is 47.4 Å². The Labute approximate surface area is 113 Å². The number of benzene rings is 1. The lowest BCUT2D eigenvalue weighted by molar-refractivity contribution is 0.404. The van der Waals surface area contributed by atoms with E-state index >= 15 is 0 Å². The molecule has 0 aliphatic heterocycles. The van der Waals surface area contributed by atoms with Gasteiger partial charge in [-0.15, -0.1) is 0 Å². The molecule has 0 saturated heterocycles. The van der Waals surface area contributed by atoms with Crippen molar-refractivity contribution in [2.24, 2.45) is 0 Å². The maximum atomic E-state index is 9.88. The van der Waals surface area contributed by atoms with Crippen LogP contribution in [0.15, 0.2) is 34.7 Å². The molecule has 0 fully saturated rings. The van der Waals surface area contributed by atoms with Gasteiger partial charge in [-0.25, -0.2) is 0 Å². The van der Waals surface area contributed by atoms with Crippen molar-refractivity contribution in [3.63, 3.8) is 0 Å². The van der Waals surface area contributed by atoms with Crippen LogP contribution in [0.4, 0.5) is 0 Å². The zero-order valence-electron chi connectivity index (χ0n) is 11.4. The fourth-order valence-corrected chi connectivity index (χ4v) is 1.95. The average molecular weight is 261 g/mol. The second-order valence-corrected chi connectivity index (χ2v) is 4.54. The lowest BCUT2D eigenvalue weighted by Crippen LogP contribution is -2.17. The molecule has 102 valence electrons. The molecule has 1 aromatic carbocycles. The van der Waals surface area contributed by atoms with Crippen LogP contribution >= 0.6 is 0 Å². The Hall–Kier alpha value is -1.94. The summed E-state index contributed by atoms with van der Waals surface area (Å²) in [6, 6.07) is 9.09. The maximum Gasteiger partial charge on any atom is 0.120 e. The molecule has 0 saturated carbocycles. The second-order valence-electron chi connectivity index (χ2n) is 4.54. The molecule has 4 nitrogen and oxygen atoms in total. The van der Waals surface area contributed by atoms with Gasteiger partial charge in [0.1, 0.15) is 23.0 Å². The minimum absolute atomic E-state index is 0.000469. The lowest BCUT2D eigenvalue weighted by Gasteiger charge is -2.15. The van der Waals surface area contributed by atoms with Crippen LogP contribution in [0.1, 0.15) is 30.0 Å². The van der Waals surface area contributed by atoms with Crippen LogP contribution in [0, 0.1) is 6.92 Å². The van der Waals surface area contributed by atoms with Crippen LogP contribution in [0.3, 0.4) is 0 Å². The van der Waals surface area contributed by atoms with Crippen molar-refractivity contribution in [1.82, 2.24) is 5.32 Å². The number of phenols is 1. The molecule has 0 aliphatic rings. The summed E-state index contributed by atoms with van der Waals surface area (Å²) in [6.45, 7) is 4.52. The molecule has 4 heteroatoms. The average Bonchev–Trinajstić information content (AvgIpc) is 2.82. The third kappa shape index (κ3) is 3.29. The van der Waals surface area contributed by atoms with Crippen LogP contribution in [0.25, 0.3) is 0 Å². The van der Waals surface area contributed by atoms with Crippen molar-refractivity contribution in [3.8, 4) is 11.5 Å². The monoisotopic (exact) mass is 261 g/mol. The molecule has 0 bridgehead atoms. The Morgan fingerprint density at radius 3 is 2.74 bits per heavy atom. The summed E-state index contributed by atoms with van der Waals surface area (Å²) in [7, 11) is 1.61. The summed E-state index contributed by atoms with van der Waals surface area (Å²) in [6.07, 6.45) is 0. The minimum atomic E-state index is 0.000469. The van der Waals surface area contributed by atoms with Gasteiger partial charge in [0.2, 0.25) is 0 Å².